The van der Waals surface area contributed by atoms with E-state index in [-0.39, 0.29) is 6.54 Å². The second-order valence-electron chi connectivity index (χ2n) is 3.88. The summed E-state index contributed by atoms with van der Waals surface area (Å²) in [6.07, 6.45) is 0. The third-order valence-electron chi connectivity index (χ3n) is 2.46. The van der Waals surface area contributed by atoms with Gasteiger partial charge in [-0.05, 0) is 12.5 Å². The SMILES string of the molecule is CC(C(=O)NCc1ccccc1)C(C)(F)F. The van der Waals surface area contributed by atoms with Gasteiger partial charge >= 0.3 is 0 Å². The maximum atomic E-state index is 12.8. The molecule has 1 atom stereocenters. The molecule has 1 aromatic carbocycles. The summed E-state index contributed by atoms with van der Waals surface area (Å²) in [4.78, 5) is 11.4. The van der Waals surface area contributed by atoms with Crippen LogP contribution in [0.1, 0.15) is 19.4 Å². The van der Waals surface area contributed by atoms with Gasteiger partial charge < -0.3 is 5.32 Å². The van der Waals surface area contributed by atoms with E-state index in [0.717, 1.165) is 12.5 Å². The van der Waals surface area contributed by atoms with Crippen LogP contribution in [0.15, 0.2) is 30.3 Å². The van der Waals surface area contributed by atoms with Crippen molar-refractivity contribution in [2.45, 2.75) is 26.3 Å². The molecular weight excluding hydrogens is 212 g/mol. The van der Waals surface area contributed by atoms with Crippen LogP contribution >= 0.6 is 0 Å². The van der Waals surface area contributed by atoms with Crippen molar-refractivity contribution in [1.29, 1.82) is 0 Å². The van der Waals surface area contributed by atoms with Gasteiger partial charge in [0.15, 0.2) is 0 Å². The molecule has 88 valence electrons. The molecule has 2 nitrogen and oxygen atoms in total. The van der Waals surface area contributed by atoms with Gasteiger partial charge in [0.25, 0.3) is 5.92 Å². The summed E-state index contributed by atoms with van der Waals surface area (Å²) >= 11 is 0. The number of nitrogens with one attached hydrogen (secondary N) is 1. The number of amides is 1. The highest BCUT2D eigenvalue weighted by Crippen LogP contribution is 2.23. The number of benzene rings is 1. The van der Waals surface area contributed by atoms with Crippen molar-refractivity contribution in [3.63, 3.8) is 0 Å². The Hall–Kier alpha value is -1.45. The summed E-state index contributed by atoms with van der Waals surface area (Å²) in [6.45, 7) is 2.25. The molecule has 0 saturated heterocycles. The maximum absolute atomic E-state index is 12.8. The number of carbonyl (C=O) groups excluding carboxylic acids is 1. The van der Waals surface area contributed by atoms with Gasteiger partial charge in [-0.15, -0.1) is 0 Å². The van der Waals surface area contributed by atoms with E-state index in [4.69, 9.17) is 0 Å². The first kappa shape index (κ1) is 12.6. The third-order valence-corrected chi connectivity index (χ3v) is 2.46. The molecule has 0 spiro atoms. The summed E-state index contributed by atoms with van der Waals surface area (Å²) in [5.74, 6) is -4.92. The van der Waals surface area contributed by atoms with Crippen molar-refractivity contribution in [1.82, 2.24) is 5.32 Å². The Labute approximate surface area is 93.7 Å². The summed E-state index contributed by atoms with van der Waals surface area (Å²) in [7, 11) is 0. The van der Waals surface area contributed by atoms with E-state index < -0.39 is 17.7 Å². The van der Waals surface area contributed by atoms with Gasteiger partial charge in [-0.2, -0.15) is 0 Å². The molecule has 1 aromatic rings. The van der Waals surface area contributed by atoms with E-state index in [1.165, 1.54) is 6.92 Å². The number of hydrogen-bond acceptors (Lipinski definition) is 1. The first-order valence-corrected chi connectivity index (χ1v) is 5.10. The number of hydrogen-bond donors (Lipinski definition) is 1. The average molecular weight is 227 g/mol. The lowest BCUT2D eigenvalue weighted by atomic mass is 10.0. The minimum atomic E-state index is -2.99. The van der Waals surface area contributed by atoms with Crippen LogP contribution in [0.3, 0.4) is 0 Å². The first-order valence-electron chi connectivity index (χ1n) is 5.10. The van der Waals surface area contributed by atoms with Gasteiger partial charge in [-0.25, -0.2) is 8.78 Å². The topological polar surface area (TPSA) is 29.1 Å². The molecule has 0 aliphatic rings. The zero-order valence-electron chi connectivity index (χ0n) is 9.34. The first-order chi connectivity index (χ1) is 7.41. The standard InChI is InChI=1S/C12H15F2NO/c1-9(12(2,13)14)11(16)15-8-10-6-4-3-5-7-10/h3-7,9H,8H2,1-2H3,(H,15,16). The van der Waals surface area contributed by atoms with E-state index in [9.17, 15) is 13.6 Å². The zero-order chi connectivity index (χ0) is 12.2. The van der Waals surface area contributed by atoms with Crippen LogP contribution in [0.4, 0.5) is 8.78 Å². The number of carbonyl (C=O) groups is 1. The summed E-state index contributed by atoms with van der Waals surface area (Å²) in [5.41, 5.74) is 0.891. The fourth-order valence-corrected chi connectivity index (χ4v) is 1.17. The molecule has 0 aromatic heterocycles. The van der Waals surface area contributed by atoms with Gasteiger partial charge in [-0.3, -0.25) is 4.79 Å². The van der Waals surface area contributed by atoms with Gasteiger partial charge in [-0.1, -0.05) is 30.3 Å². The highest BCUT2D eigenvalue weighted by atomic mass is 19.3. The quantitative estimate of drug-likeness (QED) is 0.841. The predicted molar refractivity (Wildman–Crippen MR) is 58.1 cm³/mol. The molecule has 1 rings (SSSR count). The molecule has 16 heavy (non-hydrogen) atoms. The Morgan fingerprint density at radius 3 is 2.44 bits per heavy atom. The van der Waals surface area contributed by atoms with Crippen molar-refractivity contribution < 1.29 is 13.6 Å². The summed E-state index contributed by atoms with van der Waals surface area (Å²) in [6, 6.07) is 9.18. The van der Waals surface area contributed by atoms with Gasteiger partial charge in [0.1, 0.15) is 0 Å². The number of halogens is 2. The van der Waals surface area contributed by atoms with E-state index in [1.807, 2.05) is 30.3 Å². The maximum Gasteiger partial charge on any atom is 0.256 e. The van der Waals surface area contributed by atoms with Crippen LogP contribution in [0.5, 0.6) is 0 Å². The molecule has 1 unspecified atom stereocenters. The van der Waals surface area contributed by atoms with Crippen LogP contribution < -0.4 is 5.32 Å². The highest BCUT2D eigenvalue weighted by Gasteiger charge is 2.35. The van der Waals surface area contributed by atoms with E-state index in [1.54, 1.807) is 0 Å². The molecule has 0 saturated carbocycles. The highest BCUT2D eigenvalue weighted by molar-refractivity contribution is 5.79. The second kappa shape index (κ2) is 5.05. The lowest BCUT2D eigenvalue weighted by Gasteiger charge is -2.18. The molecular formula is C12H15F2NO. The lowest BCUT2D eigenvalue weighted by molar-refractivity contribution is -0.136. The predicted octanol–water partition coefficient (Wildman–Crippen LogP) is 2.59. The minimum absolute atomic E-state index is 0.278. The average Bonchev–Trinajstić information content (AvgIpc) is 2.25. The summed E-state index contributed by atoms with van der Waals surface area (Å²) in [5, 5.41) is 2.49. The van der Waals surface area contributed by atoms with Crippen LogP contribution in [-0.4, -0.2) is 11.8 Å². The summed E-state index contributed by atoms with van der Waals surface area (Å²) < 4.78 is 25.7. The molecule has 0 radical (unpaired) electrons. The fraction of sp³-hybridized carbons (Fsp3) is 0.417. The normalized spacial score (nSPS) is 13.2. The fourth-order valence-electron chi connectivity index (χ4n) is 1.17. The van der Waals surface area contributed by atoms with Crippen molar-refractivity contribution in [2.75, 3.05) is 0 Å². The molecule has 0 fully saturated rings. The Kier molecular flexibility index (Phi) is 3.99. The number of alkyl halides is 2. The Bertz CT molecular complexity index is 346. The van der Waals surface area contributed by atoms with Crippen molar-refractivity contribution in [2.24, 2.45) is 5.92 Å². The van der Waals surface area contributed by atoms with Crippen LogP contribution in [0.25, 0.3) is 0 Å². The third kappa shape index (κ3) is 3.61. The minimum Gasteiger partial charge on any atom is -0.352 e. The monoisotopic (exact) mass is 227 g/mol. The number of rotatable bonds is 4. The molecule has 4 heteroatoms. The van der Waals surface area contributed by atoms with Crippen molar-refractivity contribution in [3.8, 4) is 0 Å². The Balaban J connectivity index is 2.48. The second-order valence-corrected chi connectivity index (χ2v) is 3.88. The van der Waals surface area contributed by atoms with E-state index >= 15 is 0 Å². The van der Waals surface area contributed by atoms with Crippen LogP contribution in [0, 0.1) is 5.92 Å². The molecule has 0 aliphatic heterocycles. The van der Waals surface area contributed by atoms with Gasteiger partial charge in [0.05, 0.1) is 5.92 Å². The van der Waals surface area contributed by atoms with Crippen molar-refractivity contribution >= 4 is 5.91 Å². The van der Waals surface area contributed by atoms with Crippen molar-refractivity contribution in [3.05, 3.63) is 35.9 Å². The molecule has 1 N–H and O–H groups in total. The lowest BCUT2D eigenvalue weighted by Crippen LogP contribution is -2.37. The molecule has 0 heterocycles. The zero-order valence-corrected chi connectivity index (χ0v) is 9.34. The molecule has 0 aliphatic carbocycles. The van der Waals surface area contributed by atoms with Gasteiger partial charge in [0.2, 0.25) is 5.91 Å². The van der Waals surface area contributed by atoms with Gasteiger partial charge in [0, 0.05) is 13.5 Å². The molecule has 1 amide bonds. The Morgan fingerprint density at radius 2 is 1.94 bits per heavy atom. The molecule has 0 bridgehead atoms. The van der Waals surface area contributed by atoms with E-state index in [2.05, 4.69) is 5.32 Å². The Morgan fingerprint density at radius 1 is 1.38 bits per heavy atom. The largest absolute Gasteiger partial charge is 0.352 e. The van der Waals surface area contributed by atoms with E-state index in [0.29, 0.717) is 0 Å². The van der Waals surface area contributed by atoms with Crippen LogP contribution in [-0.2, 0) is 11.3 Å². The van der Waals surface area contributed by atoms with Crippen LogP contribution in [0.2, 0.25) is 0 Å². The smallest absolute Gasteiger partial charge is 0.256 e.